The summed E-state index contributed by atoms with van der Waals surface area (Å²) in [5.41, 5.74) is 2.36. The van der Waals surface area contributed by atoms with Gasteiger partial charge in [-0.05, 0) is 55.3 Å². The first kappa shape index (κ1) is 17.8. The Morgan fingerprint density at radius 1 is 0.897 bits per heavy atom. The van der Waals surface area contributed by atoms with E-state index in [-0.39, 0.29) is 18.6 Å². The molecule has 0 atom stereocenters. The smallest absolute Gasteiger partial charge is 0.255 e. The van der Waals surface area contributed by atoms with Crippen LogP contribution in [0.2, 0.25) is 0 Å². The van der Waals surface area contributed by atoms with E-state index in [0.717, 1.165) is 50.4 Å². The van der Waals surface area contributed by atoms with Crippen LogP contribution in [0.5, 0.6) is 11.5 Å². The van der Waals surface area contributed by atoms with E-state index in [4.69, 9.17) is 9.47 Å². The zero-order valence-corrected chi connectivity index (χ0v) is 16.1. The maximum Gasteiger partial charge on any atom is 0.255 e. The quantitative estimate of drug-likeness (QED) is 0.865. The van der Waals surface area contributed by atoms with E-state index >= 15 is 0 Å². The molecule has 0 spiro atoms. The van der Waals surface area contributed by atoms with E-state index in [1.807, 2.05) is 29.2 Å². The van der Waals surface area contributed by atoms with Gasteiger partial charge in [-0.1, -0.05) is 0 Å². The fourth-order valence-corrected chi connectivity index (χ4v) is 3.77. The third-order valence-corrected chi connectivity index (χ3v) is 5.64. The molecule has 0 radical (unpaired) electrons. The molecule has 0 bridgehead atoms. The van der Waals surface area contributed by atoms with Gasteiger partial charge in [0, 0.05) is 49.0 Å². The van der Waals surface area contributed by atoms with Crippen LogP contribution in [0.4, 0.5) is 11.4 Å². The van der Waals surface area contributed by atoms with Crippen molar-refractivity contribution in [3.8, 4) is 11.5 Å². The molecular formula is C22H23N3O4. The summed E-state index contributed by atoms with van der Waals surface area (Å²) in [6.45, 7) is 3.41. The van der Waals surface area contributed by atoms with Gasteiger partial charge in [0.15, 0.2) is 11.5 Å². The fraction of sp³-hybridized carbons (Fsp3) is 0.364. The SMILES string of the molecule is O=C(Nc1ccc(N2CCN(C(=O)C3CC3)CC2)cc1)c1ccc2c(c1)OCO2. The van der Waals surface area contributed by atoms with Crippen LogP contribution >= 0.6 is 0 Å². The average Bonchev–Trinajstić information content (AvgIpc) is 3.50. The monoisotopic (exact) mass is 393 g/mol. The highest BCUT2D eigenvalue weighted by Gasteiger charge is 2.34. The largest absolute Gasteiger partial charge is 0.454 e. The molecule has 2 aromatic carbocycles. The highest BCUT2D eigenvalue weighted by Crippen LogP contribution is 2.33. The van der Waals surface area contributed by atoms with Crippen LogP contribution in [0.15, 0.2) is 42.5 Å². The lowest BCUT2D eigenvalue weighted by Gasteiger charge is -2.36. The maximum absolute atomic E-state index is 12.5. The van der Waals surface area contributed by atoms with Gasteiger partial charge in [-0.15, -0.1) is 0 Å². The topological polar surface area (TPSA) is 71.1 Å². The minimum Gasteiger partial charge on any atom is -0.454 e. The molecule has 2 fully saturated rings. The second-order valence-corrected chi connectivity index (χ2v) is 7.66. The summed E-state index contributed by atoms with van der Waals surface area (Å²) in [5.74, 6) is 1.67. The van der Waals surface area contributed by atoms with Gasteiger partial charge in [0.05, 0.1) is 0 Å². The van der Waals surface area contributed by atoms with Crippen molar-refractivity contribution in [2.24, 2.45) is 5.92 Å². The van der Waals surface area contributed by atoms with Crippen LogP contribution < -0.4 is 19.7 Å². The lowest BCUT2D eigenvalue weighted by Crippen LogP contribution is -2.49. The lowest BCUT2D eigenvalue weighted by atomic mass is 10.1. The number of fused-ring (bicyclic) bond motifs is 1. The molecule has 5 rings (SSSR count). The number of piperazine rings is 1. The molecular weight excluding hydrogens is 370 g/mol. The number of nitrogens with one attached hydrogen (secondary N) is 1. The summed E-state index contributed by atoms with van der Waals surface area (Å²) >= 11 is 0. The first-order valence-electron chi connectivity index (χ1n) is 10.0. The second-order valence-electron chi connectivity index (χ2n) is 7.66. The Labute approximate surface area is 169 Å². The van der Waals surface area contributed by atoms with Gasteiger partial charge >= 0.3 is 0 Å². The molecule has 2 aliphatic heterocycles. The molecule has 2 amide bonds. The molecule has 1 saturated heterocycles. The van der Waals surface area contributed by atoms with E-state index in [0.29, 0.717) is 23.0 Å². The number of rotatable bonds is 4. The molecule has 2 heterocycles. The lowest BCUT2D eigenvalue weighted by molar-refractivity contribution is -0.132. The number of amides is 2. The minimum absolute atomic E-state index is 0.185. The van der Waals surface area contributed by atoms with Crippen molar-refractivity contribution >= 4 is 23.2 Å². The van der Waals surface area contributed by atoms with Crippen molar-refractivity contribution in [2.45, 2.75) is 12.8 Å². The Kier molecular flexibility index (Phi) is 4.50. The molecule has 1 aliphatic carbocycles. The predicted octanol–water partition coefficient (Wildman–Crippen LogP) is 2.73. The molecule has 0 aromatic heterocycles. The molecule has 1 N–H and O–H groups in total. The number of hydrogen-bond donors (Lipinski definition) is 1. The molecule has 150 valence electrons. The van der Waals surface area contributed by atoms with Gasteiger partial charge < -0.3 is 24.6 Å². The molecule has 7 heteroatoms. The van der Waals surface area contributed by atoms with Crippen LogP contribution in [0.25, 0.3) is 0 Å². The van der Waals surface area contributed by atoms with E-state index in [9.17, 15) is 9.59 Å². The van der Waals surface area contributed by atoms with Gasteiger partial charge in [0.25, 0.3) is 5.91 Å². The van der Waals surface area contributed by atoms with Crippen LogP contribution in [0.1, 0.15) is 23.2 Å². The van der Waals surface area contributed by atoms with Gasteiger partial charge in [-0.3, -0.25) is 9.59 Å². The van der Waals surface area contributed by atoms with Crippen molar-refractivity contribution in [1.82, 2.24) is 4.90 Å². The van der Waals surface area contributed by atoms with Gasteiger partial charge in [0.1, 0.15) is 0 Å². The number of hydrogen-bond acceptors (Lipinski definition) is 5. The van der Waals surface area contributed by atoms with Crippen LogP contribution in [0.3, 0.4) is 0 Å². The number of anilines is 2. The van der Waals surface area contributed by atoms with E-state index in [1.165, 1.54) is 0 Å². The van der Waals surface area contributed by atoms with Gasteiger partial charge in [-0.25, -0.2) is 0 Å². The highest BCUT2D eigenvalue weighted by molar-refractivity contribution is 6.04. The van der Waals surface area contributed by atoms with Gasteiger partial charge in [-0.2, -0.15) is 0 Å². The normalized spacial score (nSPS) is 17.9. The summed E-state index contributed by atoms with van der Waals surface area (Å²) in [6.07, 6.45) is 2.11. The predicted molar refractivity (Wildman–Crippen MR) is 108 cm³/mol. The molecule has 3 aliphatic rings. The van der Waals surface area contributed by atoms with Crippen molar-refractivity contribution < 1.29 is 19.1 Å². The van der Waals surface area contributed by atoms with Crippen molar-refractivity contribution in [1.29, 1.82) is 0 Å². The first-order valence-corrected chi connectivity index (χ1v) is 10.0. The number of ether oxygens (including phenoxy) is 2. The summed E-state index contributed by atoms with van der Waals surface area (Å²) in [6, 6.07) is 13.0. The zero-order chi connectivity index (χ0) is 19.8. The summed E-state index contributed by atoms with van der Waals surface area (Å²) in [5, 5.41) is 2.91. The molecule has 7 nitrogen and oxygen atoms in total. The maximum atomic E-state index is 12.5. The van der Waals surface area contributed by atoms with Crippen LogP contribution in [-0.4, -0.2) is 49.7 Å². The Hall–Kier alpha value is -3.22. The van der Waals surface area contributed by atoms with Crippen LogP contribution in [-0.2, 0) is 4.79 Å². The first-order chi connectivity index (χ1) is 14.2. The summed E-state index contributed by atoms with van der Waals surface area (Å²) in [4.78, 5) is 29.0. The Balaban J connectivity index is 1.18. The molecule has 1 saturated carbocycles. The van der Waals surface area contributed by atoms with Crippen molar-refractivity contribution in [3.05, 3.63) is 48.0 Å². The number of benzene rings is 2. The van der Waals surface area contributed by atoms with Crippen LogP contribution in [0, 0.1) is 5.92 Å². The Morgan fingerprint density at radius 3 is 2.34 bits per heavy atom. The zero-order valence-electron chi connectivity index (χ0n) is 16.1. The molecule has 2 aromatic rings. The van der Waals surface area contributed by atoms with Crippen molar-refractivity contribution in [3.63, 3.8) is 0 Å². The molecule has 29 heavy (non-hydrogen) atoms. The summed E-state index contributed by atoms with van der Waals surface area (Å²) in [7, 11) is 0. The fourth-order valence-electron chi connectivity index (χ4n) is 3.77. The third-order valence-electron chi connectivity index (χ3n) is 5.64. The minimum atomic E-state index is -0.191. The number of carbonyl (C=O) groups excluding carboxylic acids is 2. The Morgan fingerprint density at radius 2 is 1.62 bits per heavy atom. The Bertz CT molecular complexity index is 932. The number of nitrogens with zero attached hydrogens (tertiary/aromatic N) is 2. The van der Waals surface area contributed by atoms with E-state index in [2.05, 4.69) is 10.2 Å². The van der Waals surface area contributed by atoms with E-state index in [1.54, 1.807) is 18.2 Å². The standard InChI is InChI=1S/C22H23N3O4/c26-21(16-3-8-19-20(13-16)29-14-28-19)23-17-4-6-18(7-5-17)24-9-11-25(12-10-24)22(27)15-1-2-15/h3-8,13,15H,1-2,9-12,14H2,(H,23,26). The second kappa shape index (κ2) is 7.31. The number of carbonyl (C=O) groups is 2. The highest BCUT2D eigenvalue weighted by atomic mass is 16.7. The van der Waals surface area contributed by atoms with Crippen molar-refractivity contribution in [2.75, 3.05) is 43.2 Å². The summed E-state index contributed by atoms with van der Waals surface area (Å²) < 4.78 is 10.6. The van der Waals surface area contributed by atoms with E-state index < -0.39 is 0 Å². The van der Waals surface area contributed by atoms with Gasteiger partial charge in [0.2, 0.25) is 12.7 Å². The third kappa shape index (κ3) is 3.72. The molecule has 0 unspecified atom stereocenters. The average molecular weight is 393 g/mol.